The highest BCUT2D eigenvalue weighted by atomic mass is 16.4. The van der Waals surface area contributed by atoms with E-state index in [0.29, 0.717) is 12.8 Å². The van der Waals surface area contributed by atoms with Crippen LogP contribution in [0.25, 0.3) is 0 Å². The molecule has 3 unspecified atom stereocenters. The molecule has 0 aromatic rings. The van der Waals surface area contributed by atoms with E-state index >= 15 is 0 Å². The molecule has 1 fully saturated rings. The average Bonchev–Trinajstić information content (AvgIpc) is 3.19. The largest absolute Gasteiger partial charge is 0.481 e. The van der Waals surface area contributed by atoms with Crippen LogP contribution >= 0.6 is 0 Å². The molecule has 1 aliphatic heterocycles. The van der Waals surface area contributed by atoms with Gasteiger partial charge in [-0.2, -0.15) is 0 Å². The van der Waals surface area contributed by atoms with Crippen molar-refractivity contribution in [3.8, 4) is 0 Å². The minimum atomic E-state index is -1.34. The van der Waals surface area contributed by atoms with Gasteiger partial charge >= 0.3 is 5.97 Å². The summed E-state index contributed by atoms with van der Waals surface area (Å²) in [5.74, 6) is -3.86. The van der Waals surface area contributed by atoms with Crippen LogP contribution in [0.3, 0.4) is 0 Å². The van der Waals surface area contributed by atoms with E-state index < -0.39 is 54.0 Å². The second kappa shape index (κ2) is 14.8. The topological polar surface area (TPSA) is 214 Å². The molecule has 0 radical (unpaired) electrons. The molecule has 0 aromatic heterocycles. The van der Waals surface area contributed by atoms with Crippen LogP contribution in [0.15, 0.2) is 4.99 Å². The van der Waals surface area contributed by atoms with Crippen molar-refractivity contribution in [2.75, 3.05) is 13.1 Å². The summed E-state index contributed by atoms with van der Waals surface area (Å²) in [6.07, 6.45) is 0.870. The van der Waals surface area contributed by atoms with Crippen molar-refractivity contribution in [2.24, 2.45) is 28.3 Å². The number of carboxylic acid groups (broad SMARTS) is 1. The van der Waals surface area contributed by atoms with Crippen LogP contribution in [0.2, 0.25) is 0 Å². The number of aldehydes is 1. The Bertz CT molecular complexity index is 856. The fourth-order valence-corrected chi connectivity index (χ4v) is 3.94. The van der Waals surface area contributed by atoms with Crippen LogP contribution in [0.1, 0.15) is 59.3 Å². The Kier molecular flexibility index (Phi) is 12.5. The number of nitrogens with two attached hydrogens (primary N) is 2. The summed E-state index contributed by atoms with van der Waals surface area (Å²) in [7, 11) is 0. The quantitative estimate of drug-likeness (QED) is 0.0595. The van der Waals surface area contributed by atoms with Gasteiger partial charge in [0.2, 0.25) is 23.5 Å². The molecule has 1 heterocycles. The lowest BCUT2D eigenvalue weighted by Crippen LogP contribution is -2.55. The summed E-state index contributed by atoms with van der Waals surface area (Å²) >= 11 is 0. The maximum atomic E-state index is 13.3. The lowest BCUT2D eigenvalue weighted by Gasteiger charge is -2.29. The molecule has 0 aromatic carbocycles. The summed E-state index contributed by atoms with van der Waals surface area (Å²) in [5.41, 5.74) is 10.5. The number of hydrogen-bond donors (Lipinski definition) is 5. The summed E-state index contributed by atoms with van der Waals surface area (Å²) in [6, 6.07) is -3.45. The molecule has 0 bridgehead atoms. The van der Waals surface area contributed by atoms with E-state index in [9.17, 15) is 33.9 Å². The highest BCUT2D eigenvalue weighted by Gasteiger charge is 2.41. The SMILES string of the molecule is CC(C)CCC(=O)NC(CC(=O)O)C(=O)N1C[C@@H](C)CC1C(=O)NC(CCCN=C(N)N)C(=O)C=O. The molecule has 202 valence electrons. The molecule has 0 saturated carbocycles. The van der Waals surface area contributed by atoms with Crippen LogP contribution in [-0.2, 0) is 28.8 Å². The first-order chi connectivity index (χ1) is 16.8. The van der Waals surface area contributed by atoms with E-state index in [1.807, 2.05) is 20.8 Å². The number of aliphatic carboxylic acids is 1. The number of amides is 3. The number of carbonyl (C=O) groups is 6. The normalized spacial score (nSPS) is 18.7. The van der Waals surface area contributed by atoms with Gasteiger partial charge in [0.05, 0.1) is 12.5 Å². The molecule has 1 aliphatic rings. The van der Waals surface area contributed by atoms with Crippen molar-refractivity contribution >= 4 is 41.7 Å². The average molecular weight is 511 g/mol. The third kappa shape index (κ3) is 10.4. The third-order valence-electron chi connectivity index (χ3n) is 5.78. The number of hydrogen-bond acceptors (Lipinski definition) is 7. The summed E-state index contributed by atoms with van der Waals surface area (Å²) in [5, 5.41) is 14.3. The van der Waals surface area contributed by atoms with Crippen LogP contribution in [0.5, 0.6) is 0 Å². The lowest BCUT2D eigenvalue weighted by molar-refractivity contribution is -0.146. The maximum absolute atomic E-state index is 13.3. The van der Waals surface area contributed by atoms with Gasteiger partial charge in [-0.25, -0.2) is 0 Å². The number of carbonyl (C=O) groups excluding carboxylic acids is 5. The second-order valence-corrected chi connectivity index (χ2v) is 9.53. The first kappa shape index (κ1) is 30.5. The standard InChI is InChI=1S/C23H38N6O7/c1-13(2)6-7-19(32)27-16(10-20(33)34)22(36)29-11-14(3)9-17(29)21(35)28-15(18(31)12-30)5-4-8-26-23(24)25/h12-17H,4-11H2,1-3H3,(H,27,32)(H,28,35)(H,33,34)(H4,24,25,26)/t14-,15?,16?,17?/m0/s1. The number of nitrogens with zero attached hydrogens (tertiary/aromatic N) is 2. The van der Waals surface area contributed by atoms with E-state index in [4.69, 9.17) is 11.5 Å². The number of Topliss-reactive ketones (excluding diaryl/α,β-unsaturated/α-hetero) is 1. The van der Waals surface area contributed by atoms with Crippen molar-refractivity contribution in [1.82, 2.24) is 15.5 Å². The molecule has 13 nitrogen and oxygen atoms in total. The van der Waals surface area contributed by atoms with Gasteiger partial charge in [0.1, 0.15) is 12.1 Å². The Labute approximate surface area is 210 Å². The predicted octanol–water partition coefficient (Wildman–Crippen LogP) is -1.07. The van der Waals surface area contributed by atoms with Crippen LogP contribution < -0.4 is 22.1 Å². The van der Waals surface area contributed by atoms with Gasteiger partial charge in [-0.3, -0.25) is 33.8 Å². The Morgan fingerprint density at radius 2 is 1.78 bits per heavy atom. The van der Waals surface area contributed by atoms with Crippen molar-refractivity contribution in [1.29, 1.82) is 0 Å². The van der Waals surface area contributed by atoms with Crippen molar-refractivity contribution < 1.29 is 33.9 Å². The third-order valence-corrected chi connectivity index (χ3v) is 5.78. The summed E-state index contributed by atoms with van der Waals surface area (Å²) in [4.78, 5) is 78.2. The minimum Gasteiger partial charge on any atom is -0.481 e. The molecule has 36 heavy (non-hydrogen) atoms. The number of guanidine groups is 1. The maximum Gasteiger partial charge on any atom is 0.305 e. The molecular weight excluding hydrogens is 472 g/mol. The van der Waals surface area contributed by atoms with Gasteiger partial charge in [0, 0.05) is 19.5 Å². The van der Waals surface area contributed by atoms with Gasteiger partial charge in [-0.15, -0.1) is 0 Å². The van der Waals surface area contributed by atoms with Gasteiger partial charge in [-0.1, -0.05) is 20.8 Å². The Balaban J connectivity index is 2.98. The van der Waals surface area contributed by atoms with Crippen LogP contribution in [-0.4, -0.2) is 82.9 Å². The number of ketones is 1. The molecule has 7 N–H and O–H groups in total. The van der Waals surface area contributed by atoms with Gasteiger partial charge < -0.3 is 32.1 Å². The molecular formula is C23H38N6O7. The zero-order chi connectivity index (χ0) is 27.4. The fourth-order valence-electron chi connectivity index (χ4n) is 3.94. The number of aliphatic imine (C=N–C) groups is 1. The monoisotopic (exact) mass is 510 g/mol. The van der Waals surface area contributed by atoms with Crippen LogP contribution in [0, 0.1) is 11.8 Å². The van der Waals surface area contributed by atoms with E-state index in [1.165, 1.54) is 4.90 Å². The Hall–Kier alpha value is -3.51. The number of rotatable bonds is 15. The predicted molar refractivity (Wildman–Crippen MR) is 130 cm³/mol. The van der Waals surface area contributed by atoms with E-state index in [2.05, 4.69) is 15.6 Å². The highest BCUT2D eigenvalue weighted by molar-refractivity contribution is 6.28. The van der Waals surface area contributed by atoms with Crippen molar-refractivity contribution in [3.63, 3.8) is 0 Å². The molecule has 0 aliphatic carbocycles. The van der Waals surface area contributed by atoms with Gasteiger partial charge in [0.15, 0.2) is 12.2 Å². The smallest absolute Gasteiger partial charge is 0.305 e. The number of carboxylic acids is 1. The summed E-state index contributed by atoms with van der Waals surface area (Å²) < 4.78 is 0. The molecule has 1 rings (SSSR count). The Morgan fingerprint density at radius 3 is 2.33 bits per heavy atom. The summed E-state index contributed by atoms with van der Waals surface area (Å²) in [6.45, 7) is 6.06. The number of nitrogens with one attached hydrogen (secondary N) is 2. The Morgan fingerprint density at radius 1 is 1.11 bits per heavy atom. The van der Waals surface area contributed by atoms with Crippen molar-refractivity contribution in [3.05, 3.63) is 0 Å². The zero-order valence-electron chi connectivity index (χ0n) is 21.1. The van der Waals surface area contributed by atoms with Gasteiger partial charge in [0.25, 0.3) is 0 Å². The zero-order valence-corrected chi connectivity index (χ0v) is 21.1. The molecule has 4 atom stereocenters. The molecule has 13 heteroatoms. The first-order valence-corrected chi connectivity index (χ1v) is 12.0. The first-order valence-electron chi connectivity index (χ1n) is 12.0. The van der Waals surface area contributed by atoms with Crippen LogP contribution in [0.4, 0.5) is 0 Å². The molecule has 3 amide bonds. The molecule has 1 saturated heterocycles. The number of likely N-dealkylation sites (tertiary alicyclic amines) is 1. The molecule has 0 spiro atoms. The second-order valence-electron chi connectivity index (χ2n) is 9.53. The van der Waals surface area contributed by atoms with E-state index in [0.717, 1.165) is 0 Å². The van der Waals surface area contributed by atoms with E-state index in [-0.39, 0.29) is 56.4 Å². The highest BCUT2D eigenvalue weighted by Crippen LogP contribution is 2.25. The van der Waals surface area contributed by atoms with Gasteiger partial charge in [-0.05, 0) is 37.5 Å². The van der Waals surface area contributed by atoms with E-state index in [1.54, 1.807) is 0 Å². The lowest BCUT2D eigenvalue weighted by atomic mass is 10.0. The minimum absolute atomic E-state index is 0.0890. The van der Waals surface area contributed by atoms with Crippen molar-refractivity contribution in [2.45, 2.75) is 77.4 Å². The fraction of sp³-hybridized carbons (Fsp3) is 0.696.